The fourth-order valence-electron chi connectivity index (χ4n) is 3.47. The Morgan fingerprint density at radius 2 is 2.19 bits per heavy atom. The molecule has 2 unspecified atom stereocenters. The van der Waals surface area contributed by atoms with E-state index in [1.54, 1.807) is 14.2 Å². The van der Waals surface area contributed by atoms with Crippen molar-refractivity contribution in [3.63, 3.8) is 0 Å². The zero-order valence-corrected chi connectivity index (χ0v) is 18.2. The van der Waals surface area contributed by atoms with E-state index in [0.29, 0.717) is 18.3 Å². The number of benzene rings is 1. The highest BCUT2D eigenvalue weighted by atomic mass is 127. The van der Waals surface area contributed by atoms with Crippen molar-refractivity contribution in [2.24, 2.45) is 16.6 Å². The number of ether oxygens (including phenoxy) is 1. The van der Waals surface area contributed by atoms with Crippen molar-refractivity contribution in [1.29, 1.82) is 0 Å². The first kappa shape index (κ1) is 22.5. The molecule has 1 amide bonds. The maximum atomic E-state index is 11.2. The number of halogens is 1. The van der Waals surface area contributed by atoms with Gasteiger partial charge in [-0.15, -0.1) is 24.0 Å². The van der Waals surface area contributed by atoms with Gasteiger partial charge in [0.2, 0.25) is 5.91 Å². The lowest BCUT2D eigenvalue weighted by atomic mass is 9.94. The Kier molecular flexibility index (Phi) is 9.75. The van der Waals surface area contributed by atoms with E-state index in [4.69, 9.17) is 10.5 Å². The summed E-state index contributed by atoms with van der Waals surface area (Å²) in [5.41, 5.74) is 6.53. The molecule has 1 heterocycles. The normalized spacial score (nSPS) is 18.7. The largest absolute Gasteiger partial charge is 0.496 e. The second-order valence-corrected chi connectivity index (χ2v) is 6.70. The number of rotatable bonds is 6. The van der Waals surface area contributed by atoms with Gasteiger partial charge in [0.1, 0.15) is 5.75 Å². The molecule has 6 nitrogen and oxygen atoms in total. The molecule has 1 saturated heterocycles. The van der Waals surface area contributed by atoms with Crippen molar-refractivity contribution < 1.29 is 9.53 Å². The lowest BCUT2D eigenvalue weighted by Gasteiger charge is -2.35. The molecular weight excluding hydrogens is 443 g/mol. The first-order valence-electron chi connectivity index (χ1n) is 8.92. The third-order valence-corrected chi connectivity index (χ3v) is 4.76. The van der Waals surface area contributed by atoms with Crippen LogP contribution >= 0.6 is 24.0 Å². The lowest BCUT2D eigenvalue weighted by molar-refractivity contribution is -0.119. The number of para-hydroxylation sites is 1. The van der Waals surface area contributed by atoms with Crippen LogP contribution in [-0.4, -0.2) is 50.6 Å². The number of aliphatic imine (C=N–C) groups is 1. The summed E-state index contributed by atoms with van der Waals surface area (Å²) in [5, 5.41) is 3.47. The van der Waals surface area contributed by atoms with E-state index in [2.05, 4.69) is 28.2 Å². The molecule has 3 N–H and O–H groups in total. The molecule has 7 heteroatoms. The predicted molar refractivity (Wildman–Crippen MR) is 116 cm³/mol. The highest BCUT2D eigenvalue weighted by molar-refractivity contribution is 14.0. The second-order valence-electron chi connectivity index (χ2n) is 6.70. The van der Waals surface area contributed by atoms with Crippen molar-refractivity contribution in [3.05, 3.63) is 29.8 Å². The molecule has 0 radical (unpaired) electrons. The van der Waals surface area contributed by atoms with Gasteiger partial charge in [-0.2, -0.15) is 0 Å². The topological polar surface area (TPSA) is 80.0 Å². The van der Waals surface area contributed by atoms with Gasteiger partial charge in [-0.25, -0.2) is 0 Å². The van der Waals surface area contributed by atoms with Gasteiger partial charge >= 0.3 is 0 Å². The Labute approximate surface area is 173 Å². The number of nitrogens with one attached hydrogen (secondary N) is 1. The Balaban J connectivity index is 0.00000338. The van der Waals surface area contributed by atoms with Crippen molar-refractivity contribution in [2.45, 2.75) is 32.1 Å². The van der Waals surface area contributed by atoms with Gasteiger partial charge in [0.15, 0.2) is 5.96 Å². The van der Waals surface area contributed by atoms with Gasteiger partial charge in [-0.1, -0.05) is 25.1 Å². The van der Waals surface area contributed by atoms with Crippen molar-refractivity contribution in [3.8, 4) is 5.75 Å². The molecule has 0 spiro atoms. The lowest BCUT2D eigenvalue weighted by Crippen LogP contribution is -2.47. The van der Waals surface area contributed by atoms with E-state index in [0.717, 1.165) is 44.2 Å². The zero-order chi connectivity index (χ0) is 18.2. The van der Waals surface area contributed by atoms with E-state index >= 15 is 0 Å². The van der Waals surface area contributed by atoms with Crippen LogP contribution in [0.2, 0.25) is 0 Å². The third-order valence-electron chi connectivity index (χ3n) is 4.76. The van der Waals surface area contributed by atoms with Crippen LogP contribution < -0.4 is 15.8 Å². The average Bonchev–Trinajstić information content (AvgIpc) is 2.61. The fraction of sp³-hybridized carbons (Fsp3) is 0.579. The molecule has 1 fully saturated rings. The molecule has 26 heavy (non-hydrogen) atoms. The smallest absolute Gasteiger partial charge is 0.217 e. The molecular formula is C19H31IN4O2. The van der Waals surface area contributed by atoms with E-state index < -0.39 is 0 Å². The number of methoxy groups -OCH3 is 1. The third kappa shape index (κ3) is 6.34. The number of primary amides is 1. The van der Waals surface area contributed by atoms with Gasteiger partial charge in [-0.3, -0.25) is 9.79 Å². The number of hydrogen-bond acceptors (Lipinski definition) is 3. The molecule has 0 saturated carbocycles. The molecule has 146 valence electrons. The summed E-state index contributed by atoms with van der Waals surface area (Å²) < 4.78 is 5.45. The number of hydrogen-bond donors (Lipinski definition) is 2. The van der Waals surface area contributed by atoms with Gasteiger partial charge < -0.3 is 20.7 Å². The molecule has 0 aliphatic carbocycles. The molecule has 1 aliphatic rings. The number of guanidine groups is 1. The number of amides is 1. The molecule has 2 atom stereocenters. The summed E-state index contributed by atoms with van der Waals surface area (Å²) in [4.78, 5) is 17.8. The van der Waals surface area contributed by atoms with Crippen LogP contribution in [0.4, 0.5) is 0 Å². The first-order chi connectivity index (χ1) is 12.0. The summed E-state index contributed by atoms with van der Waals surface area (Å²) >= 11 is 0. The van der Waals surface area contributed by atoms with Crippen LogP contribution in [-0.2, 0) is 4.79 Å². The first-order valence-corrected chi connectivity index (χ1v) is 8.92. The van der Waals surface area contributed by atoms with Crippen molar-refractivity contribution in [1.82, 2.24) is 10.2 Å². The van der Waals surface area contributed by atoms with Crippen LogP contribution in [0, 0.1) is 5.92 Å². The van der Waals surface area contributed by atoms with E-state index in [9.17, 15) is 4.79 Å². The highest BCUT2D eigenvalue weighted by Gasteiger charge is 2.24. The van der Waals surface area contributed by atoms with Crippen LogP contribution in [0.5, 0.6) is 5.75 Å². The summed E-state index contributed by atoms with van der Waals surface area (Å²) in [7, 11) is 3.50. The average molecular weight is 474 g/mol. The predicted octanol–water partition coefficient (Wildman–Crippen LogP) is 2.58. The van der Waals surface area contributed by atoms with Crippen LogP contribution in [0.15, 0.2) is 29.3 Å². The van der Waals surface area contributed by atoms with Crippen LogP contribution in [0.25, 0.3) is 0 Å². The van der Waals surface area contributed by atoms with Gasteiger partial charge in [0, 0.05) is 39.0 Å². The van der Waals surface area contributed by atoms with Crippen molar-refractivity contribution >= 4 is 35.8 Å². The number of carbonyl (C=O) groups excluding carboxylic acids is 1. The minimum absolute atomic E-state index is 0. The minimum atomic E-state index is -0.223. The number of nitrogens with zero attached hydrogens (tertiary/aromatic N) is 2. The number of piperidine rings is 1. The molecule has 2 rings (SSSR count). The Morgan fingerprint density at radius 1 is 1.46 bits per heavy atom. The molecule has 1 aliphatic heterocycles. The number of nitrogens with two attached hydrogens (primary N) is 1. The SMILES string of the molecule is CN=C(NCC(C)c1ccccc1OC)N1CCCC(CC(N)=O)C1.I. The summed E-state index contributed by atoms with van der Waals surface area (Å²) in [6.07, 6.45) is 2.56. The zero-order valence-electron chi connectivity index (χ0n) is 15.9. The van der Waals surface area contributed by atoms with Crippen LogP contribution in [0.3, 0.4) is 0 Å². The van der Waals surface area contributed by atoms with E-state index in [-0.39, 0.29) is 29.9 Å². The Morgan fingerprint density at radius 3 is 2.85 bits per heavy atom. The van der Waals surface area contributed by atoms with Gasteiger partial charge in [0.25, 0.3) is 0 Å². The number of likely N-dealkylation sites (tertiary alicyclic amines) is 1. The number of carbonyl (C=O) groups is 1. The fourth-order valence-corrected chi connectivity index (χ4v) is 3.47. The van der Waals surface area contributed by atoms with Gasteiger partial charge in [-0.05, 0) is 30.4 Å². The summed E-state index contributed by atoms with van der Waals surface area (Å²) in [5.74, 6) is 2.18. The maximum absolute atomic E-state index is 11.2. The van der Waals surface area contributed by atoms with Crippen molar-refractivity contribution in [2.75, 3.05) is 33.8 Å². The van der Waals surface area contributed by atoms with Gasteiger partial charge in [0.05, 0.1) is 7.11 Å². The Bertz CT molecular complexity index is 609. The maximum Gasteiger partial charge on any atom is 0.217 e. The summed E-state index contributed by atoms with van der Waals surface area (Å²) in [6.45, 7) is 4.72. The monoisotopic (exact) mass is 474 g/mol. The second kappa shape index (κ2) is 11.3. The molecule has 0 aromatic heterocycles. The molecule has 0 bridgehead atoms. The molecule has 1 aromatic carbocycles. The Hall–Kier alpha value is -1.51. The van der Waals surface area contributed by atoms with Crippen LogP contribution in [0.1, 0.15) is 37.7 Å². The quantitative estimate of drug-likeness (QED) is 0.378. The molecule has 1 aromatic rings. The van der Waals surface area contributed by atoms with E-state index in [1.807, 2.05) is 18.2 Å². The standard InChI is InChI=1S/C19H30N4O2.HI/c1-14(16-8-4-5-9-17(16)25-3)12-22-19(21-2)23-10-6-7-15(13-23)11-18(20)24;/h4-5,8-9,14-15H,6-7,10-13H2,1-3H3,(H2,20,24)(H,21,22);1H. The minimum Gasteiger partial charge on any atom is -0.496 e. The summed E-state index contributed by atoms with van der Waals surface area (Å²) in [6, 6.07) is 8.09. The van der Waals surface area contributed by atoms with E-state index in [1.165, 1.54) is 5.56 Å². The highest BCUT2D eigenvalue weighted by Crippen LogP contribution is 2.25.